The van der Waals surface area contributed by atoms with Crippen LogP contribution in [0, 0.1) is 6.92 Å². The molecule has 0 aromatic carbocycles. The van der Waals surface area contributed by atoms with E-state index in [1.807, 2.05) is 24.4 Å². The Hall–Kier alpha value is -2.64. The first-order valence-electron chi connectivity index (χ1n) is 7.67. The molecule has 0 saturated carbocycles. The first-order valence-corrected chi connectivity index (χ1v) is 7.67. The zero-order valence-electron chi connectivity index (χ0n) is 13.4. The molecule has 1 fully saturated rings. The highest BCUT2D eigenvalue weighted by Gasteiger charge is 2.20. The van der Waals surface area contributed by atoms with Crippen LogP contribution in [-0.2, 0) is 6.54 Å². The van der Waals surface area contributed by atoms with Gasteiger partial charge in [-0.2, -0.15) is 4.98 Å². The summed E-state index contributed by atoms with van der Waals surface area (Å²) in [7, 11) is 1.79. The van der Waals surface area contributed by atoms with Gasteiger partial charge >= 0.3 is 0 Å². The van der Waals surface area contributed by atoms with Crippen molar-refractivity contribution in [1.82, 2.24) is 25.3 Å². The van der Waals surface area contributed by atoms with Gasteiger partial charge in [0.2, 0.25) is 5.89 Å². The molecule has 122 valence electrons. The fourth-order valence-corrected chi connectivity index (χ4v) is 2.59. The average Bonchev–Trinajstić information content (AvgIpc) is 3.02. The molecule has 2 aromatic rings. The van der Waals surface area contributed by atoms with Crippen molar-refractivity contribution in [1.29, 1.82) is 0 Å². The fourth-order valence-electron chi connectivity index (χ4n) is 2.59. The van der Waals surface area contributed by atoms with Gasteiger partial charge < -0.3 is 19.6 Å². The smallest absolute Gasteiger partial charge is 0.223 e. The number of aliphatic imine (C=N–C) groups is 1. The van der Waals surface area contributed by atoms with Crippen molar-refractivity contribution in [2.45, 2.75) is 13.5 Å². The Bertz CT molecular complexity index is 647. The highest BCUT2D eigenvalue weighted by atomic mass is 16.5. The van der Waals surface area contributed by atoms with Crippen LogP contribution in [0.25, 0.3) is 0 Å². The minimum atomic E-state index is 0.504. The van der Waals surface area contributed by atoms with Gasteiger partial charge in [0.1, 0.15) is 5.82 Å². The molecule has 1 aliphatic rings. The van der Waals surface area contributed by atoms with E-state index in [1.54, 1.807) is 14.0 Å². The number of aryl methyl sites for hydroxylation is 1. The van der Waals surface area contributed by atoms with E-state index in [0.29, 0.717) is 18.3 Å². The molecule has 0 atom stereocenters. The standard InChI is InChI=1S/C15H21N7O/c1-12-19-13(20-23-12)11-18-15(16-2)22-9-7-21(8-10-22)14-5-3-4-6-17-14/h3-6H,7-11H2,1-2H3,(H,16,18). The second-order valence-electron chi connectivity index (χ2n) is 5.29. The molecule has 0 unspecified atom stereocenters. The first kappa shape index (κ1) is 15.3. The van der Waals surface area contributed by atoms with Crippen molar-refractivity contribution in [3.63, 3.8) is 0 Å². The third-order valence-electron chi connectivity index (χ3n) is 3.74. The Morgan fingerprint density at radius 3 is 2.74 bits per heavy atom. The van der Waals surface area contributed by atoms with Gasteiger partial charge in [0, 0.05) is 46.3 Å². The van der Waals surface area contributed by atoms with Crippen molar-refractivity contribution in [3.8, 4) is 0 Å². The van der Waals surface area contributed by atoms with E-state index in [4.69, 9.17) is 4.52 Å². The lowest BCUT2D eigenvalue weighted by molar-refractivity contribution is 0.368. The molecule has 0 radical (unpaired) electrons. The Labute approximate surface area is 135 Å². The van der Waals surface area contributed by atoms with Crippen LogP contribution >= 0.6 is 0 Å². The number of rotatable bonds is 3. The summed E-state index contributed by atoms with van der Waals surface area (Å²) < 4.78 is 4.97. The Morgan fingerprint density at radius 1 is 1.30 bits per heavy atom. The number of nitrogens with one attached hydrogen (secondary N) is 1. The summed E-state index contributed by atoms with van der Waals surface area (Å²) in [5.41, 5.74) is 0. The zero-order chi connectivity index (χ0) is 16.1. The maximum Gasteiger partial charge on any atom is 0.223 e. The van der Waals surface area contributed by atoms with Crippen LogP contribution in [0.1, 0.15) is 11.7 Å². The van der Waals surface area contributed by atoms with Crippen molar-refractivity contribution in [2.75, 3.05) is 38.1 Å². The number of aromatic nitrogens is 3. The van der Waals surface area contributed by atoms with E-state index in [1.165, 1.54) is 0 Å². The maximum atomic E-state index is 4.97. The van der Waals surface area contributed by atoms with E-state index in [9.17, 15) is 0 Å². The van der Waals surface area contributed by atoms with Crippen LogP contribution in [0.2, 0.25) is 0 Å². The molecule has 3 heterocycles. The van der Waals surface area contributed by atoms with Crippen LogP contribution < -0.4 is 10.2 Å². The van der Waals surface area contributed by atoms with Gasteiger partial charge in [-0.15, -0.1) is 0 Å². The largest absolute Gasteiger partial charge is 0.353 e. The molecule has 0 aliphatic carbocycles. The normalized spacial score (nSPS) is 15.8. The van der Waals surface area contributed by atoms with Crippen molar-refractivity contribution >= 4 is 11.8 Å². The SMILES string of the molecule is CN=C(NCc1noc(C)n1)N1CCN(c2ccccn2)CC1. The molecular formula is C15H21N7O. The summed E-state index contributed by atoms with van der Waals surface area (Å²) >= 11 is 0. The van der Waals surface area contributed by atoms with Gasteiger partial charge in [0.25, 0.3) is 0 Å². The molecule has 1 saturated heterocycles. The molecule has 3 rings (SSSR count). The number of nitrogens with zero attached hydrogens (tertiary/aromatic N) is 6. The number of hydrogen-bond donors (Lipinski definition) is 1. The Morgan fingerprint density at radius 2 is 2.13 bits per heavy atom. The number of piperazine rings is 1. The average molecular weight is 315 g/mol. The molecule has 8 nitrogen and oxygen atoms in total. The number of hydrogen-bond acceptors (Lipinski definition) is 6. The summed E-state index contributed by atoms with van der Waals surface area (Å²) in [6.07, 6.45) is 1.83. The van der Waals surface area contributed by atoms with Gasteiger partial charge in [-0.3, -0.25) is 4.99 Å². The second-order valence-corrected chi connectivity index (χ2v) is 5.29. The molecule has 1 N–H and O–H groups in total. The van der Waals surface area contributed by atoms with Gasteiger partial charge in [0.15, 0.2) is 11.8 Å². The minimum Gasteiger partial charge on any atom is -0.353 e. The second kappa shape index (κ2) is 7.08. The van der Waals surface area contributed by atoms with E-state index in [-0.39, 0.29) is 0 Å². The van der Waals surface area contributed by atoms with Gasteiger partial charge in [-0.1, -0.05) is 11.2 Å². The van der Waals surface area contributed by atoms with Gasteiger partial charge in [-0.05, 0) is 12.1 Å². The summed E-state index contributed by atoms with van der Waals surface area (Å²) in [6, 6.07) is 5.99. The highest BCUT2D eigenvalue weighted by Crippen LogP contribution is 2.12. The number of guanidine groups is 1. The molecule has 0 bridgehead atoms. The molecule has 2 aromatic heterocycles. The van der Waals surface area contributed by atoms with E-state index < -0.39 is 0 Å². The summed E-state index contributed by atoms with van der Waals surface area (Å²) in [5, 5.41) is 7.16. The lowest BCUT2D eigenvalue weighted by Gasteiger charge is -2.36. The van der Waals surface area contributed by atoms with Crippen molar-refractivity contribution < 1.29 is 4.52 Å². The third kappa shape index (κ3) is 3.77. The van der Waals surface area contributed by atoms with Crippen LogP contribution in [0.4, 0.5) is 5.82 Å². The Kier molecular flexibility index (Phi) is 4.70. The lowest BCUT2D eigenvalue weighted by atomic mass is 10.3. The van der Waals surface area contributed by atoms with Crippen LogP contribution in [-0.4, -0.2) is 59.2 Å². The van der Waals surface area contributed by atoms with Gasteiger partial charge in [-0.25, -0.2) is 4.98 Å². The maximum absolute atomic E-state index is 4.97. The van der Waals surface area contributed by atoms with Crippen LogP contribution in [0.5, 0.6) is 0 Å². The topological polar surface area (TPSA) is 82.7 Å². The molecule has 0 amide bonds. The molecule has 23 heavy (non-hydrogen) atoms. The van der Waals surface area contributed by atoms with Crippen LogP contribution in [0.15, 0.2) is 33.9 Å². The van der Waals surface area contributed by atoms with Crippen molar-refractivity contribution in [3.05, 3.63) is 36.1 Å². The van der Waals surface area contributed by atoms with E-state index in [2.05, 4.69) is 35.2 Å². The molecular weight excluding hydrogens is 294 g/mol. The van der Waals surface area contributed by atoms with Crippen LogP contribution in [0.3, 0.4) is 0 Å². The quantitative estimate of drug-likeness (QED) is 0.658. The van der Waals surface area contributed by atoms with Crippen molar-refractivity contribution in [2.24, 2.45) is 4.99 Å². The molecule has 8 heteroatoms. The predicted octanol–water partition coefficient (Wildman–Crippen LogP) is 0.671. The predicted molar refractivity (Wildman–Crippen MR) is 87.3 cm³/mol. The third-order valence-corrected chi connectivity index (χ3v) is 3.74. The number of pyridine rings is 1. The Balaban J connectivity index is 1.53. The summed E-state index contributed by atoms with van der Waals surface area (Å²) in [6.45, 7) is 5.90. The lowest BCUT2D eigenvalue weighted by Crippen LogP contribution is -2.52. The highest BCUT2D eigenvalue weighted by molar-refractivity contribution is 5.80. The fraction of sp³-hybridized carbons (Fsp3) is 0.467. The zero-order valence-corrected chi connectivity index (χ0v) is 13.4. The van der Waals surface area contributed by atoms with E-state index >= 15 is 0 Å². The first-order chi connectivity index (χ1) is 11.3. The van der Waals surface area contributed by atoms with Gasteiger partial charge in [0.05, 0.1) is 6.54 Å². The van der Waals surface area contributed by atoms with E-state index in [0.717, 1.165) is 38.0 Å². The summed E-state index contributed by atoms with van der Waals surface area (Å²) in [5.74, 6) is 3.09. The monoisotopic (exact) mass is 315 g/mol. The molecule has 0 spiro atoms. The molecule has 1 aliphatic heterocycles. The minimum absolute atomic E-state index is 0.504. The number of anilines is 1. The summed E-state index contributed by atoms with van der Waals surface area (Å²) in [4.78, 5) is 17.4.